The molecule has 0 aliphatic carbocycles. The first-order valence-corrected chi connectivity index (χ1v) is 12.6. The summed E-state index contributed by atoms with van der Waals surface area (Å²) < 4.78 is 70.2. The molecule has 1 heterocycles. The molecule has 3 rings (SSSR count). The number of anilines is 1. The van der Waals surface area contributed by atoms with Crippen molar-refractivity contribution in [1.82, 2.24) is 4.31 Å². The molecule has 2 aromatic rings. The normalized spacial score (nSPS) is 19.8. The molecule has 1 saturated heterocycles. The van der Waals surface area contributed by atoms with Gasteiger partial charge in [0.15, 0.2) is 0 Å². The number of carbonyl (C=O) groups is 1. The summed E-state index contributed by atoms with van der Waals surface area (Å²) in [5.41, 5.74) is 1.62. The Kier molecular flexibility index (Phi) is 7.54. The van der Waals surface area contributed by atoms with Crippen LogP contribution in [0.4, 0.5) is 18.9 Å². The molecule has 0 radical (unpaired) electrons. The number of nitrogens with zero attached hydrogens (tertiary/aromatic N) is 2. The third-order valence-electron chi connectivity index (χ3n) is 5.49. The van der Waals surface area contributed by atoms with Gasteiger partial charge in [-0.3, -0.25) is 4.79 Å². The van der Waals surface area contributed by atoms with Crippen molar-refractivity contribution in [3.05, 3.63) is 52.0 Å². The van der Waals surface area contributed by atoms with Gasteiger partial charge in [0, 0.05) is 35.3 Å². The molecule has 1 aliphatic rings. The molecular weight excluding hydrogens is 541 g/mol. The molecule has 1 aliphatic heterocycles. The molecule has 34 heavy (non-hydrogen) atoms. The maximum Gasteiger partial charge on any atom is 0.573 e. The van der Waals surface area contributed by atoms with Gasteiger partial charge >= 0.3 is 12.3 Å². The Hall–Kier alpha value is -2.31. The van der Waals surface area contributed by atoms with Gasteiger partial charge in [-0.25, -0.2) is 8.42 Å². The molecule has 2 unspecified atom stereocenters. The zero-order valence-electron chi connectivity index (χ0n) is 18.6. The van der Waals surface area contributed by atoms with E-state index in [9.17, 15) is 26.4 Å². The number of alkyl halides is 3. The number of aliphatic carboxylic acids is 1. The number of sulfonamides is 1. The summed E-state index contributed by atoms with van der Waals surface area (Å²) in [5, 5.41) is 9.17. The van der Waals surface area contributed by atoms with E-state index in [1.54, 1.807) is 20.8 Å². The van der Waals surface area contributed by atoms with Crippen LogP contribution in [-0.4, -0.2) is 55.3 Å². The molecule has 0 saturated carbocycles. The fraction of sp³-hybridized carbons (Fsp3) is 0.409. The highest BCUT2D eigenvalue weighted by atomic mass is 79.9. The first-order valence-electron chi connectivity index (χ1n) is 10.3. The average molecular weight is 565 g/mol. The Morgan fingerprint density at radius 3 is 2.21 bits per heavy atom. The molecule has 0 amide bonds. The predicted octanol–water partition coefficient (Wildman–Crippen LogP) is 4.57. The number of ether oxygens (including phenoxy) is 1. The van der Waals surface area contributed by atoms with Crippen LogP contribution in [0, 0.1) is 6.92 Å². The number of hydrogen-bond donors (Lipinski definition) is 1. The highest BCUT2D eigenvalue weighted by Gasteiger charge is 2.39. The van der Waals surface area contributed by atoms with E-state index in [0.717, 1.165) is 0 Å². The number of piperazine rings is 1. The van der Waals surface area contributed by atoms with Crippen molar-refractivity contribution >= 4 is 37.6 Å². The van der Waals surface area contributed by atoms with Crippen molar-refractivity contribution in [2.24, 2.45) is 0 Å². The van der Waals surface area contributed by atoms with Crippen LogP contribution in [0.1, 0.15) is 25.0 Å². The van der Waals surface area contributed by atoms with Gasteiger partial charge in [0.1, 0.15) is 5.75 Å². The fourth-order valence-corrected chi connectivity index (χ4v) is 6.53. The summed E-state index contributed by atoms with van der Waals surface area (Å²) in [6.07, 6.45) is -5.10. The average Bonchev–Trinajstić information content (AvgIpc) is 2.69. The van der Waals surface area contributed by atoms with Crippen LogP contribution in [0.15, 0.2) is 45.8 Å². The van der Waals surface area contributed by atoms with Gasteiger partial charge in [0.25, 0.3) is 0 Å². The Morgan fingerprint density at radius 1 is 1.15 bits per heavy atom. The van der Waals surface area contributed by atoms with Crippen molar-refractivity contribution in [2.45, 2.75) is 50.5 Å². The Balaban J connectivity index is 1.84. The number of aryl methyl sites for hydroxylation is 1. The van der Waals surface area contributed by atoms with Crippen LogP contribution in [0.5, 0.6) is 5.75 Å². The second-order valence-corrected chi connectivity index (χ2v) is 10.9. The van der Waals surface area contributed by atoms with E-state index >= 15 is 0 Å². The quantitative estimate of drug-likeness (QED) is 0.553. The van der Waals surface area contributed by atoms with Crippen molar-refractivity contribution in [3.8, 4) is 5.75 Å². The monoisotopic (exact) mass is 564 g/mol. The van der Waals surface area contributed by atoms with Gasteiger partial charge < -0.3 is 14.7 Å². The summed E-state index contributed by atoms with van der Waals surface area (Å²) >= 11 is 3.33. The number of hydrogen-bond acceptors (Lipinski definition) is 5. The molecule has 186 valence electrons. The van der Waals surface area contributed by atoms with E-state index in [4.69, 9.17) is 5.11 Å². The number of benzene rings is 2. The minimum Gasteiger partial charge on any atom is -0.481 e. The highest BCUT2D eigenvalue weighted by Crippen LogP contribution is 2.33. The Labute approximate surface area is 204 Å². The molecule has 0 aromatic heterocycles. The van der Waals surface area contributed by atoms with Gasteiger partial charge in [-0.1, -0.05) is 15.9 Å². The van der Waals surface area contributed by atoms with Crippen LogP contribution in [0.25, 0.3) is 0 Å². The summed E-state index contributed by atoms with van der Waals surface area (Å²) in [6, 6.07) is 7.42. The minimum absolute atomic E-state index is 0.0188. The smallest absolute Gasteiger partial charge is 0.481 e. The molecule has 7 nitrogen and oxygen atoms in total. The molecule has 0 bridgehead atoms. The summed E-state index contributed by atoms with van der Waals surface area (Å²) in [7, 11) is -3.94. The number of rotatable bonds is 6. The van der Waals surface area contributed by atoms with Crippen molar-refractivity contribution in [1.29, 1.82) is 0 Å². The van der Waals surface area contributed by atoms with Crippen LogP contribution in [0.3, 0.4) is 0 Å². The first kappa shape index (κ1) is 26.3. The van der Waals surface area contributed by atoms with E-state index in [1.165, 1.54) is 40.7 Å². The lowest BCUT2D eigenvalue weighted by molar-refractivity contribution is -0.274. The lowest BCUT2D eigenvalue weighted by Crippen LogP contribution is -2.58. The van der Waals surface area contributed by atoms with Gasteiger partial charge in [-0.2, -0.15) is 4.31 Å². The summed E-state index contributed by atoms with van der Waals surface area (Å²) in [6.45, 7) is 5.85. The van der Waals surface area contributed by atoms with Gasteiger partial charge in [0.2, 0.25) is 10.0 Å². The number of carboxylic acids is 1. The zero-order valence-corrected chi connectivity index (χ0v) is 21.0. The fourth-order valence-electron chi connectivity index (χ4n) is 4.22. The van der Waals surface area contributed by atoms with E-state index in [1.807, 2.05) is 4.90 Å². The maximum atomic E-state index is 13.6. The lowest BCUT2D eigenvalue weighted by atomic mass is 10.1. The number of carboxylic acid groups (broad SMARTS) is 1. The van der Waals surface area contributed by atoms with Crippen LogP contribution in [0.2, 0.25) is 0 Å². The Morgan fingerprint density at radius 2 is 1.71 bits per heavy atom. The van der Waals surface area contributed by atoms with Crippen molar-refractivity contribution in [2.75, 3.05) is 18.0 Å². The van der Waals surface area contributed by atoms with Gasteiger partial charge in [-0.15, -0.1) is 13.2 Å². The molecule has 0 spiro atoms. The van der Waals surface area contributed by atoms with E-state index in [-0.39, 0.29) is 17.1 Å². The van der Waals surface area contributed by atoms with Crippen molar-refractivity contribution in [3.63, 3.8) is 0 Å². The third kappa shape index (κ3) is 5.84. The molecule has 2 atom stereocenters. The largest absolute Gasteiger partial charge is 0.573 e. The second kappa shape index (κ2) is 9.74. The van der Waals surface area contributed by atoms with E-state index in [0.29, 0.717) is 34.4 Å². The molecule has 1 N–H and O–H groups in total. The zero-order chi connectivity index (χ0) is 25.4. The summed E-state index contributed by atoms with van der Waals surface area (Å²) in [5.74, 6) is -1.40. The highest BCUT2D eigenvalue weighted by molar-refractivity contribution is 9.10. The molecular formula is C22H24BrF3N2O5S. The van der Waals surface area contributed by atoms with E-state index in [2.05, 4.69) is 20.7 Å². The minimum atomic E-state index is -4.78. The van der Waals surface area contributed by atoms with Gasteiger partial charge in [-0.05, 0) is 68.3 Å². The van der Waals surface area contributed by atoms with Crippen LogP contribution < -0.4 is 9.64 Å². The lowest BCUT2D eigenvalue weighted by Gasteiger charge is -2.44. The van der Waals surface area contributed by atoms with Gasteiger partial charge in [0.05, 0.1) is 11.3 Å². The Bertz CT molecular complexity index is 1160. The topological polar surface area (TPSA) is 87.2 Å². The first-order chi connectivity index (χ1) is 15.7. The molecule has 1 fully saturated rings. The second-order valence-electron chi connectivity index (χ2n) is 8.26. The van der Waals surface area contributed by atoms with Crippen LogP contribution >= 0.6 is 15.9 Å². The maximum absolute atomic E-state index is 13.6. The van der Waals surface area contributed by atoms with Crippen molar-refractivity contribution < 1.29 is 36.2 Å². The molecule has 12 heteroatoms. The molecule has 2 aromatic carbocycles. The number of halogens is 4. The SMILES string of the molecule is Cc1cc(S(=O)(=O)N2C(C)CN(c3ccc(OC(F)(F)F)cc3)CC2C)cc(CC(=O)O)c1Br. The predicted molar refractivity (Wildman–Crippen MR) is 124 cm³/mol. The summed E-state index contributed by atoms with van der Waals surface area (Å²) in [4.78, 5) is 13.1. The standard InChI is InChI=1S/C22H24BrF3N2O5S/c1-13-8-19(9-16(21(13)23)10-20(29)30)34(31,32)28-14(2)11-27(12-15(28)3)17-4-6-18(7-5-17)33-22(24,25)26/h4-9,14-15H,10-12H2,1-3H3,(H,29,30). The third-order valence-corrected chi connectivity index (χ3v) is 8.73. The van der Waals surface area contributed by atoms with E-state index < -0.39 is 34.4 Å². The van der Waals surface area contributed by atoms with Crippen LogP contribution in [-0.2, 0) is 21.2 Å².